The molecule has 3 atom stereocenters. The maximum atomic E-state index is 13.6. The molecule has 0 radical (unpaired) electrons. The molecule has 4 saturated heterocycles. The summed E-state index contributed by atoms with van der Waals surface area (Å²) >= 11 is 0. The molecule has 4 fully saturated rings. The van der Waals surface area contributed by atoms with Gasteiger partial charge in [-0.05, 0) is 106 Å². The number of nitrogens with one attached hydrogen (secondary N) is 2. The van der Waals surface area contributed by atoms with Gasteiger partial charge in [-0.25, -0.2) is 19.3 Å². The minimum absolute atomic E-state index is 0.132. The van der Waals surface area contributed by atoms with Gasteiger partial charge in [0.15, 0.2) is 11.5 Å². The number of benzene rings is 2. The number of hydrogen-bond acceptors (Lipinski definition) is 13. The SMILES string of the molecule is C[C@@]1(O)CC/C=C\Cn2c(=O)c3cnc(Nc4ccc(N5CCC(N6CCC(N7CCN(c8ccc9c(c8)CN(C8CCC(=O)NC8=O)C9=O)CC7)C6)CC5)cc4)nc3n2-c2cccc1n2. The Balaban J connectivity index is 0.674. The van der Waals surface area contributed by atoms with E-state index in [1.54, 1.807) is 27.4 Å². The Hall–Kier alpha value is -6.43. The van der Waals surface area contributed by atoms with Crippen molar-refractivity contribution in [3.63, 3.8) is 0 Å². The van der Waals surface area contributed by atoms with Crippen LogP contribution in [0.3, 0.4) is 0 Å². The molecule has 17 heteroatoms. The average Bonchev–Trinajstić information content (AvgIpc) is 4.03. The molecule has 5 aromatic rings. The summed E-state index contributed by atoms with van der Waals surface area (Å²) < 4.78 is 3.34. The van der Waals surface area contributed by atoms with Crippen LogP contribution in [-0.2, 0) is 28.3 Å². The first-order chi connectivity index (χ1) is 32.1. The van der Waals surface area contributed by atoms with Gasteiger partial charge in [0.1, 0.15) is 17.0 Å². The Labute approximate surface area is 382 Å². The fourth-order valence-corrected chi connectivity index (χ4v) is 11.0. The summed E-state index contributed by atoms with van der Waals surface area (Å²) in [6.45, 7) is 10.6. The molecule has 11 rings (SSSR count). The maximum absolute atomic E-state index is 13.6. The van der Waals surface area contributed by atoms with E-state index in [2.05, 4.69) is 53.4 Å². The second kappa shape index (κ2) is 17.1. The Morgan fingerprint density at radius 3 is 2.38 bits per heavy atom. The highest BCUT2D eigenvalue weighted by molar-refractivity contribution is 6.05. The van der Waals surface area contributed by atoms with Crippen molar-refractivity contribution in [3.8, 4) is 5.82 Å². The molecule has 2 aromatic carbocycles. The number of hydrogen-bond donors (Lipinski definition) is 3. The highest BCUT2D eigenvalue weighted by Crippen LogP contribution is 2.33. The number of likely N-dealkylation sites (tertiary alicyclic amines) is 1. The Morgan fingerprint density at radius 2 is 1.58 bits per heavy atom. The molecule has 3 N–H and O–H groups in total. The molecule has 66 heavy (non-hydrogen) atoms. The van der Waals surface area contributed by atoms with E-state index >= 15 is 0 Å². The van der Waals surface area contributed by atoms with Gasteiger partial charge in [-0.3, -0.25) is 34.3 Å². The molecule has 2 unspecified atom stereocenters. The predicted molar refractivity (Wildman–Crippen MR) is 250 cm³/mol. The van der Waals surface area contributed by atoms with Crippen LogP contribution in [0.2, 0.25) is 0 Å². The van der Waals surface area contributed by atoms with Gasteiger partial charge in [-0.15, -0.1) is 0 Å². The van der Waals surface area contributed by atoms with Crippen LogP contribution in [0.5, 0.6) is 0 Å². The molecule has 0 saturated carbocycles. The predicted octanol–water partition coefficient (Wildman–Crippen LogP) is 3.90. The summed E-state index contributed by atoms with van der Waals surface area (Å²) in [4.78, 5) is 77.1. The van der Waals surface area contributed by atoms with Gasteiger partial charge in [0.05, 0.1) is 12.2 Å². The van der Waals surface area contributed by atoms with Gasteiger partial charge in [0.25, 0.3) is 11.5 Å². The molecular weight excluding hydrogens is 837 g/mol. The number of nitrogens with zero attached hydrogens (tertiary/aromatic N) is 10. The van der Waals surface area contributed by atoms with E-state index in [4.69, 9.17) is 9.97 Å². The zero-order valence-electron chi connectivity index (χ0n) is 37.3. The van der Waals surface area contributed by atoms with Crippen molar-refractivity contribution in [3.05, 3.63) is 106 Å². The second-order valence-electron chi connectivity index (χ2n) is 18.9. The second-order valence-corrected chi connectivity index (χ2v) is 18.9. The summed E-state index contributed by atoms with van der Waals surface area (Å²) in [6.07, 6.45) is 10.7. The summed E-state index contributed by atoms with van der Waals surface area (Å²) in [6, 6.07) is 20.5. The number of allylic oxidation sites excluding steroid dienone is 2. The lowest BCUT2D eigenvalue weighted by atomic mass is 9.95. The largest absolute Gasteiger partial charge is 0.384 e. The highest BCUT2D eigenvalue weighted by Gasteiger charge is 2.40. The smallest absolute Gasteiger partial charge is 0.278 e. The number of aliphatic hydroxyl groups is 1. The molecule has 9 heterocycles. The van der Waals surface area contributed by atoms with Gasteiger partial charge in [-0.2, -0.15) is 4.98 Å². The summed E-state index contributed by atoms with van der Waals surface area (Å²) in [5.74, 6) is 0.0887. The van der Waals surface area contributed by atoms with E-state index in [-0.39, 0.29) is 29.7 Å². The number of carbonyl (C=O) groups excluding carboxylic acids is 3. The van der Waals surface area contributed by atoms with Crippen molar-refractivity contribution in [2.75, 3.05) is 67.5 Å². The number of aromatic nitrogens is 5. The van der Waals surface area contributed by atoms with Crippen molar-refractivity contribution in [1.29, 1.82) is 0 Å². The van der Waals surface area contributed by atoms with E-state index in [9.17, 15) is 24.3 Å². The topological polar surface area (TPSA) is 177 Å². The van der Waals surface area contributed by atoms with E-state index in [1.807, 2.05) is 54.6 Å². The summed E-state index contributed by atoms with van der Waals surface area (Å²) in [5, 5.41) is 17.3. The van der Waals surface area contributed by atoms with Crippen molar-refractivity contribution in [2.24, 2.45) is 0 Å². The third-order valence-corrected chi connectivity index (χ3v) is 14.8. The van der Waals surface area contributed by atoms with E-state index < -0.39 is 11.6 Å². The molecule has 0 aliphatic carbocycles. The number of imide groups is 1. The van der Waals surface area contributed by atoms with Crippen LogP contribution in [0.15, 0.2) is 83.8 Å². The van der Waals surface area contributed by atoms with Gasteiger partial charge in [0, 0.05) is 106 Å². The summed E-state index contributed by atoms with van der Waals surface area (Å²) in [7, 11) is 0. The van der Waals surface area contributed by atoms with Gasteiger partial charge < -0.3 is 25.1 Å². The van der Waals surface area contributed by atoms with Gasteiger partial charge >= 0.3 is 0 Å². The van der Waals surface area contributed by atoms with Crippen molar-refractivity contribution < 1.29 is 19.5 Å². The van der Waals surface area contributed by atoms with E-state index in [0.29, 0.717) is 78.5 Å². The van der Waals surface area contributed by atoms with Crippen LogP contribution in [0, 0.1) is 0 Å². The molecule has 0 spiro atoms. The minimum atomic E-state index is -1.12. The third-order valence-electron chi connectivity index (χ3n) is 14.8. The first-order valence-corrected chi connectivity index (χ1v) is 23.5. The molecule has 2 bridgehead atoms. The normalized spacial score (nSPS) is 24.9. The fourth-order valence-electron chi connectivity index (χ4n) is 11.0. The average molecular weight is 893 g/mol. The molecular formula is C49H56N12O5. The number of rotatable bonds is 7. The Bertz CT molecular complexity index is 2790. The first kappa shape index (κ1) is 42.2. The number of anilines is 4. The van der Waals surface area contributed by atoms with E-state index in [0.717, 1.165) is 82.1 Å². The zero-order valence-corrected chi connectivity index (χ0v) is 37.3. The van der Waals surface area contributed by atoms with Crippen LogP contribution < -0.4 is 26.0 Å². The zero-order chi connectivity index (χ0) is 45.1. The number of piperidine rings is 2. The van der Waals surface area contributed by atoms with E-state index in [1.165, 1.54) is 12.1 Å². The number of pyridine rings is 1. The van der Waals surface area contributed by atoms with Crippen LogP contribution in [-0.4, -0.2) is 132 Å². The van der Waals surface area contributed by atoms with Crippen molar-refractivity contribution >= 4 is 51.8 Å². The highest BCUT2D eigenvalue weighted by atomic mass is 16.3. The molecule has 3 aromatic heterocycles. The Morgan fingerprint density at radius 1 is 0.803 bits per heavy atom. The standard InChI is InChI=1S/C49H56N12O5/c1-49(66)19-3-2-4-20-60-47(65)39-29-50-48(54-44(39)61(60)42-7-5-6-41(49)52-42)51-33-8-10-34(11-9-33)55-21-16-35(17-22-55)58-23-18-37(31-58)57-26-24-56(25-27-57)36-12-13-38-32(28-36)30-59(46(38)64)40-14-15-43(62)53-45(40)63/h2,4-13,28-29,35,37,40,66H,3,14-27,30-31H2,1H3,(H,50,51,54)(H,53,62,63)/b4-2-/t37?,40?,49-/m1/s1. The number of piperazine rings is 1. The number of fused-ring (bicyclic) bond motifs is 7. The summed E-state index contributed by atoms with van der Waals surface area (Å²) in [5.41, 5.74) is 4.42. The minimum Gasteiger partial charge on any atom is -0.384 e. The molecule has 342 valence electrons. The van der Waals surface area contributed by atoms with Crippen molar-refractivity contribution in [1.82, 2.24) is 44.3 Å². The lowest BCUT2D eigenvalue weighted by Gasteiger charge is -2.40. The van der Waals surface area contributed by atoms with Crippen molar-refractivity contribution in [2.45, 2.75) is 88.7 Å². The number of carbonyl (C=O) groups is 3. The van der Waals surface area contributed by atoms with Crippen LogP contribution in [0.25, 0.3) is 16.9 Å². The molecule has 3 amide bonds. The van der Waals surface area contributed by atoms with Gasteiger partial charge in [0.2, 0.25) is 17.8 Å². The fraction of sp³-hybridized carbons (Fsp3) is 0.449. The molecule has 17 nitrogen and oxygen atoms in total. The van der Waals surface area contributed by atoms with Gasteiger partial charge in [-0.1, -0.05) is 18.2 Å². The maximum Gasteiger partial charge on any atom is 0.278 e. The van der Waals surface area contributed by atoms with Crippen LogP contribution in [0.4, 0.5) is 23.0 Å². The first-order valence-electron chi connectivity index (χ1n) is 23.5. The molecule has 6 aliphatic heterocycles. The third kappa shape index (κ3) is 7.91. The van der Waals surface area contributed by atoms with Crippen LogP contribution >= 0.6 is 0 Å². The lowest BCUT2D eigenvalue weighted by molar-refractivity contribution is -0.136. The monoisotopic (exact) mass is 892 g/mol. The lowest BCUT2D eigenvalue weighted by Crippen LogP contribution is -2.52. The number of amides is 3. The molecule has 6 aliphatic rings. The van der Waals surface area contributed by atoms with Crippen LogP contribution in [0.1, 0.15) is 73.5 Å². The quantitative estimate of drug-likeness (QED) is 0.159. The Kier molecular flexibility index (Phi) is 10.9.